The molecule has 0 N–H and O–H groups in total. The number of aryl methyl sites for hydroxylation is 1. The van der Waals surface area contributed by atoms with Gasteiger partial charge in [-0.25, -0.2) is 8.42 Å². The van der Waals surface area contributed by atoms with Crippen LogP contribution in [0, 0.1) is 12.8 Å². The van der Waals surface area contributed by atoms with Crippen LogP contribution in [0.3, 0.4) is 0 Å². The standard InChI is InChI=1S/C17H25ClN2O3S/c1-12-6-5-9-19(11-12)17(21)14(3)20(24(4,22)23)16-10-15(18)8-7-13(16)2/h7-8,10,12,14H,5-6,9,11H2,1-4H3/t12-,14-/m0/s1. The van der Waals surface area contributed by atoms with E-state index >= 15 is 0 Å². The fraction of sp³-hybridized carbons (Fsp3) is 0.588. The number of nitrogens with zero attached hydrogens (tertiary/aromatic N) is 2. The summed E-state index contributed by atoms with van der Waals surface area (Å²) < 4.78 is 26.0. The Morgan fingerprint density at radius 2 is 2.08 bits per heavy atom. The van der Waals surface area contributed by atoms with Gasteiger partial charge in [0.2, 0.25) is 15.9 Å². The molecule has 1 aromatic rings. The van der Waals surface area contributed by atoms with Crippen molar-refractivity contribution in [3.8, 4) is 0 Å². The van der Waals surface area contributed by atoms with Crippen molar-refractivity contribution in [2.24, 2.45) is 5.92 Å². The third-order valence-electron chi connectivity index (χ3n) is 4.44. The van der Waals surface area contributed by atoms with Crippen LogP contribution in [0.25, 0.3) is 0 Å². The number of halogens is 1. The van der Waals surface area contributed by atoms with Gasteiger partial charge in [-0.15, -0.1) is 0 Å². The molecule has 0 radical (unpaired) electrons. The minimum Gasteiger partial charge on any atom is -0.341 e. The van der Waals surface area contributed by atoms with Crippen molar-refractivity contribution in [3.05, 3.63) is 28.8 Å². The van der Waals surface area contributed by atoms with E-state index in [-0.39, 0.29) is 5.91 Å². The molecule has 1 heterocycles. The van der Waals surface area contributed by atoms with Gasteiger partial charge in [-0.2, -0.15) is 0 Å². The van der Waals surface area contributed by atoms with Crippen molar-refractivity contribution in [1.29, 1.82) is 0 Å². The Balaban J connectivity index is 2.38. The molecule has 5 nitrogen and oxygen atoms in total. The highest BCUT2D eigenvalue weighted by molar-refractivity contribution is 7.92. The first-order valence-corrected chi connectivity index (χ1v) is 10.4. The van der Waals surface area contributed by atoms with E-state index in [2.05, 4.69) is 6.92 Å². The molecule has 0 aliphatic carbocycles. The molecule has 134 valence electrons. The van der Waals surface area contributed by atoms with Gasteiger partial charge in [-0.05, 0) is 50.3 Å². The molecule has 0 spiro atoms. The van der Waals surface area contributed by atoms with Crippen LogP contribution in [-0.2, 0) is 14.8 Å². The lowest BCUT2D eigenvalue weighted by Gasteiger charge is -2.36. The van der Waals surface area contributed by atoms with Gasteiger partial charge in [0, 0.05) is 18.1 Å². The van der Waals surface area contributed by atoms with E-state index in [1.165, 1.54) is 4.31 Å². The van der Waals surface area contributed by atoms with E-state index in [0.29, 0.717) is 29.7 Å². The van der Waals surface area contributed by atoms with Crippen LogP contribution in [-0.4, -0.2) is 44.6 Å². The summed E-state index contributed by atoms with van der Waals surface area (Å²) in [5, 5.41) is 0.440. The largest absolute Gasteiger partial charge is 0.341 e. The normalized spacial score (nSPS) is 19.9. The molecular formula is C17H25ClN2O3S. The van der Waals surface area contributed by atoms with Gasteiger partial charge in [0.15, 0.2) is 0 Å². The molecule has 2 rings (SSSR count). The van der Waals surface area contributed by atoms with Crippen molar-refractivity contribution in [1.82, 2.24) is 4.90 Å². The summed E-state index contributed by atoms with van der Waals surface area (Å²) in [6, 6.07) is 4.26. The maximum Gasteiger partial charge on any atom is 0.246 e. The molecule has 1 saturated heterocycles. The van der Waals surface area contributed by atoms with E-state index in [9.17, 15) is 13.2 Å². The van der Waals surface area contributed by atoms with Crippen LogP contribution in [0.1, 0.15) is 32.3 Å². The van der Waals surface area contributed by atoms with Gasteiger partial charge in [0.05, 0.1) is 11.9 Å². The lowest BCUT2D eigenvalue weighted by atomic mass is 9.99. The van der Waals surface area contributed by atoms with Gasteiger partial charge < -0.3 is 4.90 Å². The van der Waals surface area contributed by atoms with E-state index in [1.807, 2.05) is 6.92 Å². The summed E-state index contributed by atoms with van der Waals surface area (Å²) >= 11 is 6.05. The summed E-state index contributed by atoms with van der Waals surface area (Å²) in [6.45, 7) is 6.92. The molecule has 7 heteroatoms. The van der Waals surface area contributed by atoms with Crippen molar-refractivity contribution in [2.75, 3.05) is 23.7 Å². The molecule has 1 aliphatic rings. The molecule has 24 heavy (non-hydrogen) atoms. The minimum absolute atomic E-state index is 0.161. The van der Waals surface area contributed by atoms with Crippen LogP contribution in [0.4, 0.5) is 5.69 Å². The lowest BCUT2D eigenvalue weighted by molar-refractivity contribution is -0.133. The molecule has 0 bridgehead atoms. The zero-order valence-electron chi connectivity index (χ0n) is 14.6. The maximum absolute atomic E-state index is 12.9. The smallest absolute Gasteiger partial charge is 0.246 e. The monoisotopic (exact) mass is 372 g/mol. The van der Waals surface area contributed by atoms with Gasteiger partial charge in [-0.3, -0.25) is 9.10 Å². The first kappa shape index (κ1) is 19.1. The third kappa shape index (κ3) is 4.22. The number of hydrogen-bond donors (Lipinski definition) is 0. The predicted octanol–water partition coefficient (Wildman–Crippen LogP) is 3.06. The number of sulfonamides is 1. The highest BCUT2D eigenvalue weighted by atomic mass is 35.5. The number of hydrogen-bond acceptors (Lipinski definition) is 3. The van der Waals surface area contributed by atoms with Gasteiger partial charge in [0.25, 0.3) is 0 Å². The van der Waals surface area contributed by atoms with Gasteiger partial charge in [-0.1, -0.05) is 24.6 Å². The fourth-order valence-electron chi connectivity index (χ4n) is 3.25. The van der Waals surface area contributed by atoms with Crippen LogP contribution in [0.2, 0.25) is 5.02 Å². The Labute approximate surface area is 149 Å². The van der Waals surface area contributed by atoms with Crippen molar-refractivity contribution in [3.63, 3.8) is 0 Å². The zero-order chi connectivity index (χ0) is 18.1. The summed E-state index contributed by atoms with van der Waals surface area (Å²) in [4.78, 5) is 14.7. The van der Waals surface area contributed by atoms with Crippen molar-refractivity contribution < 1.29 is 13.2 Å². The summed E-state index contributed by atoms with van der Waals surface area (Å²) in [5.41, 5.74) is 1.22. The Morgan fingerprint density at radius 3 is 2.67 bits per heavy atom. The lowest BCUT2D eigenvalue weighted by Crippen LogP contribution is -2.51. The van der Waals surface area contributed by atoms with E-state index < -0.39 is 16.1 Å². The van der Waals surface area contributed by atoms with Crippen molar-refractivity contribution >= 4 is 33.2 Å². The number of carbonyl (C=O) groups excluding carboxylic acids is 1. The first-order chi connectivity index (χ1) is 11.1. The number of carbonyl (C=O) groups is 1. The quantitative estimate of drug-likeness (QED) is 0.816. The second-order valence-corrected chi connectivity index (χ2v) is 8.99. The van der Waals surface area contributed by atoms with E-state index in [4.69, 9.17) is 11.6 Å². The molecule has 1 aliphatic heterocycles. The summed E-state index contributed by atoms with van der Waals surface area (Å²) in [7, 11) is -3.63. The number of anilines is 1. The molecule has 1 amide bonds. The third-order valence-corrected chi connectivity index (χ3v) is 5.91. The van der Waals surface area contributed by atoms with Gasteiger partial charge in [0.1, 0.15) is 6.04 Å². The van der Waals surface area contributed by atoms with E-state index in [0.717, 1.165) is 24.7 Å². The Kier molecular flexibility index (Phi) is 5.81. The number of rotatable bonds is 4. The number of benzene rings is 1. The van der Waals surface area contributed by atoms with Crippen LogP contribution >= 0.6 is 11.6 Å². The highest BCUT2D eigenvalue weighted by Gasteiger charge is 2.34. The van der Waals surface area contributed by atoms with Gasteiger partial charge >= 0.3 is 0 Å². The number of likely N-dealkylation sites (tertiary alicyclic amines) is 1. The SMILES string of the molecule is Cc1ccc(Cl)cc1N([C@@H](C)C(=O)N1CCC[C@H](C)C1)S(C)(=O)=O. The van der Waals surface area contributed by atoms with Crippen LogP contribution in [0.15, 0.2) is 18.2 Å². The summed E-state index contributed by atoms with van der Waals surface area (Å²) in [6.07, 6.45) is 3.17. The molecule has 1 aromatic carbocycles. The summed E-state index contributed by atoms with van der Waals surface area (Å²) in [5.74, 6) is 0.279. The number of piperidine rings is 1. The molecule has 0 aromatic heterocycles. The molecular weight excluding hydrogens is 348 g/mol. The minimum atomic E-state index is -3.63. The first-order valence-electron chi connectivity index (χ1n) is 8.15. The van der Waals surface area contributed by atoms with Crippen LogP contribution < -0.4 is 4.31 Å². The molecule has 0 unspecified atom stereocenters. The fourth-order valence-corrected chi connectivity index (χ4v) is 4.63. The average Bonchev–Trinajstić information content (AvgIpc) is 2.48. The Morgan fingerprint density at radius 1 is 1.42 bits per heavy atom. The molecule has 0 saturated carbocycles. The Hall–Kier alpha value is -1.27. The maximum atomic E-state index is 12.9. The Bertz CT molecular complexity index is 721. The topological polar surface area (TPSA) is 57.7 Å². The predicted molar refractivity (Wildman–Crippen MR) is 98.0 cm³/mol. The highest BCUT2D eigenvalue weighted by Crippen LogP contribution is 2.29. The van der Waals surface area contributed by atoms with Crippen LogP contribution in [0.5, 0.6) is 0 Å². The average molecular weight is 373 g/mol. The molecule has 2 atom stereocenters. The van der Waals surface area contributed by atoms with Crippen molar-refractivity contribution in [2.45, 2.75) is 39.7 Å². The zero-order valence-corrected chi connectivity index (χ0v) is 16.2. The second kappa shape index (κ2) is 7.31. The molecule has 1 fully saturated rings. The number of amides is 1. The van der Waals surface area contributed by atoms with E-state index in [1.54, 1.807) is 30.0 Å². The second-order valence-electron chi connectivity index (χ2n) is 6.70.